The molecule has 1 fully saturated rings. The number of carbonyl (C=O) groups is 1. The second-order valence-corrected chi connectivity index (χ2v) is 5.50. The first-order valence-electron chi connectivity index (χ1n) is 6.03. The van der Waals surface area contributed by atoms with Gasteiger partial charge in [0.1, 0.15) is 0 Å². The number of hydrogen-bond donors (Lipinski definition) is 2. The van der Waals surface area contributed by atoms with E-state index >= 15 is 0 Å². The summed E-state index contributed by atoms with van der Waals surface area (Å²) in [6, 6.07) is 5.26. The summed E-state index contributed by atoms with van der Waals surface area (Å²) in [6.07, 6.45) is 2.58. The van der Waals surface area contributed by atoms with Crippen molar-refractivity contribution in [3.8, 4) is 0 Å². The van der Waals surface area contributed by atoms with Gasteiger partial charge in [0, 0.05) is 22.6 Å². The van der Waals surface area contributed by atoms with Crippen molar-refractivity contribution >= 4 is 29.1 Å². The fourth-order valence-electron chi connectivity index (χ4n) is 1.96. The third-order valence-electron chi connectivity index (χ3n) is 3.16. The first-order chi connectivity index (χ1) is 8.60. The minimum atomic E-state index is -0.0402. The SMILES string of the molecule is NCC(NC(=O)Cc1ccc(Cl)cc1Cl)C1CC1. The van der Waals surface area contributed by atoms with Crippen LogP contribution >= 0.6 is 23.2 Å². The first-order valence-corrected chi connectivity index (χ1v) is 6.79. The van der Waals surface area contributed by atoms with Crippen molar-refractivity contribution < 1.29 is 4.79 Å². The molecule has 0 heterocycles. The predicted octanol–water partition coefficient (Wildman–Crippen LogP) is 2.39. The third kappa shape index (κ3) is 3.61. The van der Waals surface area contributed by atoms with Crippen molar-refractivity contribution in [1.29, 1.82) is 0 Å². The van der Waals surface area contributed by atoms with Gasteiger partial charge in [0.2, 0.25) is 5.91 Å². The van der Waals surface area contributed by atoms with Gasteiger partial charge in [-0.3, -0.25) is 4.79 Å². The summed E-state index contributed by atoms with van der Waals surface area (Å²) in [5, 5.41) is 4.06. The van der Waals surface area contributed by atoms with Crippen LogP contribution in [0.4, 0.5) is 0 Å². The first kappa shape index (κ1) is 13.7. The van der Waals surface area contributed by atoms with Gasteiger partial charge in [-0.15, -0.1) is 0 Å². The molecule has 1 aliphatic carbocycles. The van der Waals surface area contributed by atoms with Gasteiger partial charge in [0.25, 0.3) is 0 Å². The van der Waals surface area contributed by atoms with E-state index < -0.39 is 0 Å². The summed E-state index contributed by atoms with van der Waals surface area (Å²) in [4.78, 5) is 11.9. The highest BCUT2D eigenvalue weighted by atomic mass is 35.5. The number of nitrogens with two attached hydrogens (primary N) is 1. The lowest BCUT2D eigenvalue weighted by Crippen LogP contribution is -2.42. The number of carbonyl (C=O) groups excluding carboxylic acids is 1. The number of rotatable bonds is 5. The molecular formula is C13H16Cl2N2O. The molecule has 1 amide bonds. The maximum absolute atomic E-state index is 11.9. The molecule has 3 nitrogen and oxygen atoms in total. The van der Waals surface area contributed by atoms with E-state index in [1.165, 1.54) is 0 Å². The molecule has 1 aliphatic rings. The van der Waals surface area contributed by atoms with Crippen LogP contribution in [0.5, 0.6) is 0 Å². The van der Waals surface area contributed by atoms with Crippen molar-refractivity contribution in [2.45, 2.75) is 25.3 Å². The summed E-state index contributed by atoms with van der Waals surface area (Å²) in [5.41, 5.74) is 6.43. The summed E-state index contributed by atoms with van der Waals surface area (Å²) in [7, 11) is 0. The zero-order valence-corrected chi connectivity index (χ0v) is 11.5. The zero-order chi connectivity index (χ0) is 13.1. The fraction of sp³-hybridized carbons (Fsp3) is 0.462. The van der Waals surface area contributed by atoms with E-state index in [0.29, 0.717) is 22.5 Å². The molecule has 3 N–H and O–H groups in total. The summed E-state index contributed by atoms with van der Waals surface area (Å²) >= 11 is 11.8. The van der Waals surface area contributed by atoms with Gasteiger partial charge in [0.05, 0.1) is 6.42 Å². The Labute approximate surface area is 117 Å². The molecule has 0 radical (unpaired) electrons. The lowest BCUT2D eigenvalue weighted by Gasteiger charge is -2.16. The maximum atomic E-state index is 11.9. The molecule has 0 saturated heterocycles. The smallest absolute Gasteiger partial charge is 0.224 e. The van der Waals surface area contributed by atoms with Gasteiger partial charge in [-0.1, -0.05) is 29.3 Å². The zero-order valence-electron chi connectivity index (χ0n) is 9.96. The second kappa shape index (κ2) is 5.91. The Hall–Kier alpha value is -0.770. The van der Waals surface area contributed by atoms with Crippen LogP contribution < -0.4 is 11.1 Å². The van der Waals surface area contributed by atoms with E-state index in [4.69, 9.17) is 28.9 Å². The van der Waals surface area contributed by atoms with Crippen LogP contribution in [-0.4, -0.2) is 18.5 Å². The molecule has 0 bridgehead atoms. The lowest BCUT2D eigenvalue weighted by atomic mass is 10.1. The molecule has 0 aliphatic heterocycles. The van der Waals surface area contributed by atoms with Crippen LogP contribution in [0.2, 0.25) is 10.0 Å². The molecule has 18 heavy (non-hydrogen) atoms. The minimum absolute atomic E-state index is 0.0402. The normalized spacial score (nSPS) is 16.4. The summed E-state index contributed by atoms with van der Waals surface area (Å²) < 4.78 is 0. The van der Waals surface area contributed by atoms with Crippen molar-refractivity contribution in [2.24, 2.45) is 11.7 Å². The van der Waals surface area contributed by atoms with Crippen LogP contribution in [0.25, 0.3) is 0 Å². The Morgan fingerprint density at radius 1 is 1.44 bits per heavy atom. The molecule has 1 aromatic rings. The quantitative estimate of drug-likeness (QED) is 0.873. The van der Waals surface area contributed by atoms with Gasteiger partial charge in [-0.25, -0.2) is 0 Å². The van der Waals surface area contributed by atoms with E-state index in [2.05, 4.69) is 5.32 Å². The summed E-state index contributed by atoms with van der Waals surface area (Å²) in [5.74, 6) is 0.515. The molecule has 98 valence electrons. The van der Waals surface area contributed by atoms with Crippen molar-refractivity contribution in [2.75, 3.05) is 6.54 Å². The van der Waals surface area contributed by atoms with Crippen molar-refractivity contribution in [1.82, 2.24) is 5.32 Å². The molecule has 1 aromatic carbocycles. The monoisotopic (exact) mass is 286 g/mol. The van der Waals surface area contributed by atoms with Crippen molar-refractivity contribution in [3.05, 3.63) is 33.8 Å². The Bertz CT molecular complexity index is 447. The van der Waals surface area contributed by atoms with Gasteiger partial charge in [-0.05, 0) is 36.5 Å². The molecule has 5 heteroatoms. The van der Waals surface area contributed by atoms with Crippen molar-refractivity contribution in [3.63, 3.8) is 0 Å². The topological polar surface area (TPSA) is 55.1 Å². The highest BCUT2D eigenvalue weighted by molar-refractivity contribution is 6.35. The Kier molecular flexibility index (Phi) is 4.49. The van der Waals surface area contributed by atoms with E-state index in [1.54, 1.807) is 18.2 Å². The second-order valence-electron chi connectivity index (χ2n) is 4.66. The number of nitrogens with one attached hydrogen (secondary N) is 1. The van der Waals surface area contributed by atoms with E-state index in [1.807, 2.05) is 0 Å². The Morgan fingerprint density at radius 2 is 2.17 bits per heavy atom. The maximum Gasteiger partial charge on any atom is 0.224 e. The summed E-state index contributed by atoms with van der Waals surface area (Å²) in [6.45, 7) is 0.491. The van der Waals surface area contributed by atoms with Gasteiger partial charge >= 0.3 is 0 Å². The molecule has 1 unspecified atom stereocenters. The van der Waals surface area contributed by atoms with Crippen LogP contribution in [0.3, 0.4) is 0 Å². The van der Waals surface area contributed by atoms with Crippen LogP contribution in [0.1, 0.15) is 18.4 Å². The molecule has 1 saturated carbocycles. The lowest BCUT2D eigenvalue weighted by molar-refractivity contribution is -0.121. The molecule has 0 spiro atoms. The Morgan fingerprint density at radius 3 is 2.72 bits per heavy atom. The Balaban J connectivity index is 1.93. The van der Waals surface area contributed by atoms with E-state index in [-0.39, 0.29) is 18.4 Å². The minimum Gasteiger partial charge on any atom is -0.352 e. The standard InChI is InChI=1S/C13H16Cl2N2O/c14-10-4-3-9(11(15)6-10)5-13(18)17-12(7-16)8-1-2-8/h3-4,6,8,12H,1-2,5,7,16H2,(H,17,18). The van der Waals surface area contributed by atoms with Crippen LogP contribution in [0, 0.1) is 5.92 Å². The number of benzene rings is 1. The average Bonchev–Trinajstić information content (AvgIpc) is 3.14. The number of hydrogen-bond acceptors (Lipinski definition) is 2. The fourth-order valence-corrected chi connectivity index (χ4v) is 2.44. The van der Waals surface area contributed by atoms with Gasteiger partial charge < -0.3 is 11.1 Å². The molecule has 2 rings (SSSR count). The number of amides is 1. The number of halogens is 2. The average molecular weight is 287 g/mol. The highest BCUT2D eigenvalue weighted by Crippen LogP contribution is 2.32. The molecule has 0 aromatic heterocycles. The van der Waals surface area contributed by atoms with Gasteiger partial charge in [-0.2, -0.15) is 0 Å². The van der Waals surface area contributed by atoms with Gasteiger partial charge in [0.15, 0.2) is 0 Å². The van der Waals surface area contributed by atoms with Crippen LogP contribution in [-0.2, 0) is 11.2 Å². The molecular weight excluding hydrogens is 271 g/mol. The largest absolute Gasteiger partial charge is 0.352 e. The molecule has 1 atom stereocenters. The van der Waals surface area contributed by atoms with Crippen LogP contribution in [0.15, 0.2) is 18.2 Å². The highest BCUT2D eigenvalue weighted by Gasteiger charge is 2.31. The predicted molar refractivity (Wildman–Crippen MR) is 73.9 cm³/mol. The van der Waals surface area contributed by atoms with E-state index in [9.17, 15) is 4.79 Å². The van der Waals surface area contributed by atoms with E-state index in [0.717, 1.165) is 18.4 Å². The third-order valence-corrected chi connectivity index (χ3v) is 3.74.